The highest BCUT2D eigenvalue weighted by Crippen LogP contribution is 2.18. The summed E-state index contributed by atoms with van der Waals surface area (Å²) in [5, 5.41) is 23.2. The lowest BCUT2D eigenvalue weighted by Crippen LogP contribution is -2.45. The molecule has 6 heteroatoms. The molecule has 0 aliphatic carbocycles. The summed E-state index contributed by atoms with van der Waals surface area (Å²) >= 11 is 0. The number of esters is 1. The van der Waals surface area contributed by atoms with Crippen molar-refractivity contribution in [3.63, 3.8) is 0 Å². The van der Waals surface area contributed by atoms with Crippen molar-refractivity contribution >= 4 is 11.9 Å². The van der Waals surface area contributed by atoms with Crippen LogP contribution in [-0.4, -0.2) is 47.4 Å². The molecule has 0 saturated carbocycles. The normalized spacial score (nSPS) is 12.8. The fourth-order valence-electron chi connectivity index (χ4n) is 11.4. The van der Waals surface area contributed by atoms with Gasteiger partial charge in [-0.25, -0.2) is 0 Å². The van der Waals surface area contributed by atoms with Crippen LogP contribution in [0.4, 0.5) is 0 Å². The average Bonchev–Trinajstić information content (AvgIpc) is 3.48. The van der Waals surface area contributed by atoms with Crippen molar-refractivity contribution < 1.29 is 24.5 Å². The van der Waals surface area contributed by atoms with Gasteiger partial charge in [-0.1, -0.05) is 345 Å². The van der Waals surface area contributed by atoms with E-state index in [2.05, 4.69) is 55.6 Å². The standard InChI is InChI=1S/C76H143NO5/c1-3-5-7-9-11-13-15-17-19-21-37-40-44-48-52-56-60-64-68-74(79)73(72-78)77-75(80)69-65-61-57-53-49-45-41-38-35-33-31-29-27-25-23-22-24-26-28-30-32-34-36-39-43-47-51-55-59-63-67-71-82-76(81)70-66-62-58-54-50-46-42-20-18-16-14-12-10-8-6-4-2/h14,16,20,24,26,42,64,68,73-74,78-79H,3-13,15,17-19,21-23,25,27-41,43-63,65-67,69-72H2,1-2H3,(H,77,80)/b16-14-,26-24-,42-20-,68-64+. The Kier molecular flexibility index (Phi) is 69.4. The third-order valence-corrected chi connectivity index (χ3v) is 17.1. The number of carbonyl (C=O) groups is 2. The molecule has 3 N–H and O–H groups in total. The molecule has 0 aliphatic rings. The van der Waals surface area contributed by atoms with Crippen molar-refractivity contribution in [1.82, 2.24) is 5.32 Å². The van der Waals surface area contributed by atoms with Crippen LogP contribution in [-0.2, 0) is 14.3 Å². The number of carbonyl (C=O) groups excluding carboxylic acids is 2. The molecule has 0 rings (SSSR count). The minimum Gasteiger partial charge on any atom is -0.466 e. The van der Waals surface area contributed by atoms with Crippen molar-refractivity contribution in [3.8, 4) is 0 Å². The van der Waals surface area contributed by atoms with Gasteiger partial charge in [-0.2, -0.15) is 0 Å². The van der Waals surface area contributed by atoms with Crippen LogP contribution in [0.1, 0.15) is 399 Å². The molecule has 0 bridgehead atoms. The number of hydrogen-bond acceptors (Lipinski definition) is 5. The summed E-state index contributed by atoms with van der Waals surface area (Å²) in [6.45, 7) is 4.91. The Bertz CT molecular complexity index is 1370. The number of allylic oxidation sites excluding steroid dienone is 7. The zero-order valence-corrected chi connectivity index (χ0v) is 55.2. The third kappa shape index (κ3) is 67.0. The zero-order chi connectivity index (χ0) is 59.2. The number of aliphatic hydroxyl groups excluding tert-OH is 2. The first-order valence-corrected chi connectivity index (χ1v) is 36.9. The maximum Gasteiger partial charge on any atom is 0.305 e. The van der Waals surface area contributed by atoms with Crippen LogP contribution >= 0.6 is 0 Å². The summed E-state index contributed by atoms with van der Waals surface area (Å²) in [5.74, 6) is -0.0589. The number of unbranched alkanes of at least 4 members (excludes halogenated alkanes) is 52. The van der Waals surface area contributed by atoms with E-state index >= 15 is 0 Å². The van der Waals surface area contributed by atoms with E-state index in [0.717, 1.165) is 51.4 Å². The summed E-state index contributed by atoms with van der Waals surface area (Å²) in [6, 6.07) is -0.627. The highest BCUT2D eigenvalue weighted by molar-refractivity contribution is 5.76. The van der Waals surface area contributed by atoms with Crippen LogP contribution in [0.5, 0.6) is 0 Å². The largest absolute Gasteiger partial charge is 0.466 e. The molecule has 0 spiro atoms. The number of rotatable bonds is 69. The maximum atomic E-state index is 12.5. The Morgan fingerprint density at radius 1 is 0.341 bits per heavy atom. The van der Waals surface area contributed by atoms with Crippen molar-refractivity contribution in [1.29, 1.82) is 0 Å². The molecule has 0 aliphatic heterocycles. The highest BCUT2D eigenvalue weighted by atomic mass is 16.5. The molecular formula is C76H143NO5. The van der Waals surface area contributed by atoms with E-state index in [1.54, 1.807) is 6.08 Å². The van der Waals surface area contributed by atoms with Crippen LogP contribution in [0.15, 0.2) is 48.6 Å². The third-order valence-electron chi connectivity index (χ3n) is 17.1. The van der Waals surface area contributed by atoms with Gasteiger partial charge in [0.25, 0.3) is 0 Å². The van der Waals surface area contributed by atoms with E-state index in [1.807, 2.05) is 6.08 Å². The lowest BCUT2D eigenvalue weighted by atomic mass is 10.0. The molecular weight excluding hydrogens is 1010 g/mol. The molecule has 6 nitrogen and oxygen atoms in total. The fraction of sp³-hybridized carbons (Fsp3) is 0.868. The lowest BCUT2D eigenvalue weighted by Gasteiger charge is -2.20. The van der Waals surface area contributed by atoms with Gasteiger partial charge in [-0.05, 0) is 89.9 Å². The van der Waals surface area contributed by atoms with Crippen LogP contribution < -0.4 is 5.32 Å². The van der Waals surface area contributed by atoms with Gasteiger partial charge in [0.2, 0.25) is 5.91 Å². The summed E-state index contributed by atoms with van der Waals surface area (Å²) in [6.07, 6.45) is 93.5. The van der Waals surface area contributed by atoms with E-state index in [1.165, 1.54) is 321 Å². The number of amides is 1. The fourth-order valence-corrected chi connectivity index (χ4v) is 11.4. The van der Waals surface area contributed by atoms with Gasteiger partial charge in [-0.3, -0.25) is 9.59 Å². The van der Waals surface area contributed by atoms with Crippen LogP contribution in [0, 0.1) is 0 Å². The lowest BCUT2D eigenvalue weighted by molar-refractivity contribution is -0.143. The Morgan fingerprint density at radius 3 is 0.951 bits per heavy atom. The minimum absolute atomic E-state index is 0.00411. The molecule has 0 aromatic heterocycles. The van der Waals surface area contributed by atoms with Gasteiger partial charge in [0, 0.05) is 12.8 Å². The van der Waals surface area contributed by atoms with Crippen molar-refractivity contribution in [2.75, 3.05) is 13.2 Å². The van der Waals surface area contributed by atoms with E-state index in [-0.39, 0.29) is 18.5 Å². The summed E-state index contributed by atoms with van der Waals surface area (Å²) in [5.41, 5.74) is 0. The molecule has 482 valence electrons. The molecule has 82 heavy (non-hydrogen) atoms. The SMILES string of the molecule is CCCCCC/C=C\C/C=C\CCCCCCCC(=O)OCCCCCCCCCCCCCC/C=C\CCCCCCCCCCCCCCCCCC(=O)NC(CO)C(O)/C=C/CCCCCCCCCCCCCCCCCC. The van der Waals surface area contributed by atoms with Crippen LogP contribution in [0.25, 0.3) is 0 Å². The van der Waals surface area contributed by atoms with Gasteiger partial charge in [0.15, 0.2) is 0 Å². The monoisotopic (exact) mass is 1150 g/mol. The molecule has 0 aromatic rings. The second-order valence-corrected chi connectivity index (χ2v) is 25.3. The number of hydrogen-bond donors (Lipinski definition) is 3. The molecule has 0 fully saturated rings. The number of ether oxygens (including phenoxy) is 1. The number of aliphatic hydroxyl groups is 2. The topological polar surface area (TPSA) is 95.9 Å². The van der Waals surface area contributed by atoms with Crippen molar-refractivity contribution in [2.24, 2.45) is 0 Å². The first-order chi connectivity index (χ1) is 40.5. The van der Waals surface area contributed by atoms with Gasteiger partial charge in [0.1, 0.15) is 0 Å². The van der Waals surface area contributed by atoms with Gasteiger partial charge < -0.3 is 20.3 Å². The van der Waals surface area contributed by atoms with Gasteiger partial charge in [-0.15, -0.1) is 0 Å². The van der Waals surface area contributed by atoms with E-state index in [9.17, 15) is 19.8 Å². The molecule has 2 atom stereocenters. The highest BCUT2D eigenvalue weighted by Gasteiger charge is 2.18. The van der Waals surface area contributed by atoms with Crippen LogP contribution in [0.3, 0.4) is 0 Å². The summed E-state index contributed by atoms with van der Waals surface area (Å²) in [4.78, 5) is 24.6. The predicted molar refractivity (Wildman–Crippen MR) is 361 cm³/mol. The van der Waals surface area contributed by atoms with E-state index < -0.39 is 12.1 Å². The van der Waals surface area contributed by atoms with Crippen molar-refractivity contribution in [2.45, 2.75) is 411 Å². The quantitative estimate of drug-likeness (QED) is 0.0320. The molecule has 0 saturated heterocycles. The smallest absolute Gasteiger partial charge is 0.305 e. The number of nitrogens with one attached hydrogen (secondary N) is 1. The molecule has 0 heterocycles. The Morgan fingerprint density at radius 2 is 0.610 bits per heavy atom. The van der Waals surface area contributed by atoms with E-state index in [4.69, 9.17) is 4.74 Å². The Hall–Kier alpha value is -2.18. The minimum atomic E-state index is -0.844. The predicted octanol–water partition coefficient (Wildman–Crippen LogP) is 24.0. The van der Waals surface area contributed by atoms with Gasteiger partial charge >= 0.3 is 5.97 Å². The van der Waals surface area contributed by atoms with Crippen LogP contribution in [0.2, 0.25) is 0 Å². The second kappa shape index (κ2) is 71.3. The molecule has 0 radical (unpaired) electrons. The van der Waals surface area contributed by atoms with E-state index in [0.29, 0.717) is 19.4 Å². The maximum absolute atomic E-state index is 12.5. The summed E-state index contributed by atoms with van der Waals surface area (Å²) in [7, 11) is 0. The molecule has 2 unspecified atom stereocenters. The first kappa shape index (κ1) is 79.8. The first-order valence-electron chi connectivity index (χ1n) is 36.9. The van der Waals surface area contributed by atoms with Gasteiger partial charge in [0.05, 0.1) is 25.4 Å². The zero-order valence-electron chi connectivity index (χ0n) is 55.2. The summed E-state index contributed by atoms with van der Waals surface area (Å²) < 4.78 is 5.49. The molecule has 1 amide bonds. The van der Waals surface area contributed by atoms with Crippen molar-refractivity contribution in [3.05, 3.63) is 48.6 Å². The Labute approximate surface area is 512 Å². The average molecular weight is 1150 g/mol. The molecule has 0 aromatic carbocycles. The Balaban J connectivity index is 3.39. The second-order valence-electron chi connectivity index (χ2n) is 25.3.